The summed E-state index contributed by atoms with van der Waals surface area (Å²) in [4.78, 5) is 67.4. The van der Waals surface area contributed by atoms with E-state index in [1.807, 2.05) is 16.3 Å². The van der Waals surface area contributed by atoms with Crippen LogP contribution in [-0.4, -0.2) is 167 Å². The number of hydrogen-bond donors (Lipinski definition) is 5. The van der Waals surface area contributed by atoms with E-state index in [2.05, 4.69) is 63.5 Å². The Labute approximate surface area is 423 Å². The number of fused-ring (bicyclic) bond motifs is 1. The lowest BCUT2D eigenvalue weighted by Gasteiger charge is -2.47. The second kappa shape index (κ2) is 27.1. The molecule has 3 aliphatic heterocycles. The first kappa shape index (κ1) is 58.3. The number of halogens is 6. The lowest BCUT2D eigenvalue weighted by molar-refractivity contribution is -0.193. The molecule has 3 aromatic rings. The molecule has 3 amide bonds. The summed E-state index contributed by atoms with van der Waals surface area (Å²) >= 11 is 1.57. The highest BCUT2D eigenvalue weighted by Crippen LogP contribution is 2.39. The number of carbonyl (C=O) groups excluding carboxylic acids is 3. The van der Waals surface area contributed by atoms with Crippen molar-refractivity contribution < 1.29 is 79.8 Å². The van der Waals surface area contributed by atoms with Crippen LogP contribution in [0.25, 0.3) is 0 Å². The molecule has 2 saturated heterocycles. The highest BCUT2D eigenvalue weighted by Gasteiger charge is 2.42. The summed E-state index contributed by atoms with van der Waals surface area (Å²) in [7, 11) is 0. The Morgan fingerprint density at radius 2 is 1.60 bits per heavy atom. The molecule has 2 aromatic carbocycles. The van der Waals surface area contributed by atoms with Crippen molar-refractivity contribution in [2.24, 2.45) is 0 Å². The number of benzene rings is 2. The number of thiazole rings is 1. The molecule has 0 radical (unpaired) electrons. The van der Waals surface area contributed by atoms with Crippen LogP contribution in [0.1, 0.15) is 96.9 Å². The van der Waals surface area contributed by atoms with Crippen molar-refractivity contribution >= 4 is 46.7 Å². The van der Waals surface area contributed by atoms with Crippen LogP contribution in [0, 0.1) is 0 Å². The molecule has 0 unspecified atom stereocenters. The van der Waals surface area contributed by atoms with Crippen LogP contribution < -0.4 is 15.4 Å². The number of morpholine rings is 1. The molecule has 1 aliphatic carbocycles. The third-order valence-corrected chi connectivity index (χ3v) is 13.9. The Balaban J connectivity index is 0.000000619. The lowest BCUT2D eigenvalue weighted by atomic mass is 9.89. The molecule has 7 rings (SSSR count). The maximum absolute atomic E-state index is 13.4. The van der Waals surface area contributed by atoms with Gasteiger partial charge in [-0.05, 0) is 74.2 Å². The number of carboxylic acids is 2. The fourth-order valence-corrected chi connectivity index (χ4v) is 9.64. The number of amides is 3. The van der Waals surface area contributed by atoms with Gasteiger partial charge in [0.2, 0.25) is 5.91 Å². The van der Waals surface area contributed by atoms with E-state index in [4.69, 9.17) is 34.0 Å². The standard InChI is InChI=1S/C45H62N6O7S.2C2HF3O2/c1-32(2)43-47-37(30-59-43)44(55)50-24-27-58-45(31-50)16-21-49(22-17-45)20-13-33-6-5-7-34(28-33)14-25-56-26-15-40(54)51(36-8-3-4-9-36)23-19-46-18-12-35-10-11-38(52)41-42(35)57-29-39(53)48-41;2*3-2(4,5)1(6)7/h5-7,10-11,28,30,32,36,46,52H,3-4,8-9,12-27,29,31H2,1-2H3,(H,48,53);2*(H,6,7). The van der Waals surface area contributed by atoms with Gasteiger partial charge in [-0.25, -0.2) is 14.6 Å². The second-order valence-electron chi connectivity index (χ2n) is 18.4. The quantitative estimate of drug-likeness (QED) is 0.0511. The first-order valence-electron chi connectivity index (χ1n) is 24.2. The zero-order chi connectivity index (χ0) is 53.3. The van der Waals surface area contributed by atoms with Crippen molar-refractivity contribution in [1.29, 1.82) is 0 Å². The minimum atomic E-state index is -5.08. The highest BCUT2D eigenvalue weighted by molar-refractivity contribution is 7.09. The molecule has 3 fully saturated rings. The maximum Gasteiger partial charge on any atom is 0.490 e. The molecule has 1 spiro atoms. The molecular weight excluding hydrogens is 995 g/mol. The fourth-order valence-electron chi connectivity index (χ4n) is 8.83. The Morgan fingerprint density at radius 1 is 0.945 bits per heavy atom. The van der Waals surface area contributed by atoms with Crippen LogP contribution >= 0.6 is 11.3 Å². The van der Waals surface area contributed by atoms with Gasteiger partial charge in [-0.1, -0.05) is 57.0 Å². The molecule has 17 nitrogen and oxygen atoms in total. The molecule has 0 bridgehead atoms. The van der Waals surface area contributed by atoms with Gasteiger partial charge in [0.15, 0.2) is 12.4 Å². The van der Waals surface area contributed by atoms with Crippen LogP contribution in [0.2, 0.25) is 0 Å². The molecule has 1 aromatic heterocycles. The minimum absolute atomic E-state index is 0.00404. The molecule has 1 saturated carbocycles. The molecule has 73 heavy (non-hydrogen) atoms. The number of hydrogen-bond acceptors (Lipinski definition) is 13. The Morgan fingerprint density at radius 3 is 2.23 bits per heavy atom. The minimum Gasteiger partial charge on any atom is -0.506 e. The summed E-state index contributed by atoms with van der Waals surface area (Å²) < 4.78 is 81.5. The number of phenols is 1. The SMILES string of the molecule is CC(C)c1nc(C(=O)N2CCOC3(CCN(CCc4cccc(CCOCCC(=O)N(CCNCCc5ccc(O)c6c5OCC(=O)N6)C5CCCC5)c4)CC3)C2)cs1.O=C(O)C(F)(F)F.O=C(O)C(F)(F)F. The van der Waals surface area contributed by atoms with Gasteiger partial charge in [-0.2, -0.15) is 26.3 Å². The number of aliphatic carboxylic acids is 2. The van der Waals surface area contributed by atoms with Crippen LogP contribution in [0.4, 0.5) is 32.0 Å². The largest absolute Gasteiger partial charge is 0.506 e. The van der Waals surface area contributed by atoms with Gasteiger partial charge < -0.3 is 54.9 Å². The van der Waals surface area contributed by atoms with E-state index >= 15 is 0 Å². The number of carboxylic acid groups (broad SMARTS) is 2. The van der Waals surface area contributed by atoms with Crippen LogP contribution in [0.3, 0.4) is 0 Å². The van der Waals surface area contributed by atoms with Gasteiger partial charge in [0, 0.05) is 56.6 Å². The number of alkyl halides is 6. The third-order valence-electron chi connectivity index (χ3n) is 12.7. The molecule has 0 atom stereocenters. The van der Waals surface area contributed by atoms with E-state index in [1.165, 1.54) is 11.1 Å². The molecule has 404 valence electrons. The normalized spacial score (nSPS) is 16.9. The Bertz CT molecular complexity index is 2300. The number of nitrogens with one attached hydrogen (secondary N) is 2. The van der Waals surface area contributed by atoms with E-state index in [1.54, 1.807) is 17.4 Å². The summed E-state index contributed by atoms with van der Waals surface area (Å²) in [6, 6.07) is 12.5. The summed E-state index contributed by atoms with van der Waals surface area (Å²) in [6.45, 7) is 11.9. The van der Waals surface area contributed by atoms with Crippen molar-refractivity contribution in [2.75, 3.05) is 84.1 Å². The van der Waals surface area contributed by atoms with Crippen molar-refractivity contribution in [3.05, 3.63) is 69.2 Å². The van der Waals surface area contributed by atoms with Gasteiger partial charge in [0.05, 0.1) is 43.4 Å². The number of aromatic hydroxyl groups is 1. The number of anilines is 1. The Hall–Kier alpha value is -5.56. The number of phenolic OH excluding ortho intramolecular Hbond substituents is 1. The number of rotatable bonds is 18. The van der Waals surface area contributed by atoms with Gasteiger partial charge in [0.25, 0.3) is 11.8 Å². The number of nitrogens with zero attached hydrogens (tertiary/aromatic N) is 4. The highest BCUT2D eigenvalue weighted by atomic mass is 32.1. The van der Waals surface area contributed by atoms with E-state index in [0.717, 1.165) is 81.6 Å². The van der Waals surface area contributed by atoms with E-state index < -0.39 is 24.3 Å². The lowest BCUT2D eigenvalue weighted by Crippen LogP contribution is -2.58. The number of ether oxygens (including phenoxy) is 3. The Kier molecular flexibility index (Phi) is 21.7. The van der Waals surface area contributed by atoms with Crippen molar-refractivity contribution in [3.63, 3.8) is 0 Å². The summed E-state index contributed by atoms with van der Waals surface area (Å²) in [5.74, 6) is -4.78. The fraction of sp³-hybridized carbons (Fsp3) is 0.592. The maximum atomic E-state index is 13.4. The van der Waals surface area contributed by atoms with Crippen molar-refractivity contribution in [2.45, 2.75) is 108 Å². The van der Waals surface area contributed by atoms with Gasteiger partial charge in [-0.15, -0.1) is 11.3 Å². The summed E-state index contributed by atoms with van der Waals surface area (Å²) in [6.07, 6.45) is -1.09. The average molecular weight is 1060 g/mol. The monoisotopic (exact) mass is 1060 g/mol. The summed E-state index contributed by atoms with van der Waals surface area (Å²) in [5, 5.41) is 33.5. The third kappa shape index (κ3) is 18.1. The number of likely N-dealkylation sites (tertiary alicyclic amines) is 1. The molecule has 24 heteroatoms. The number of aromatic nitrogens is 1. The second-order valence-corrected chi connectivity index (χ2v) is 19.3. The van der Waals surface area contributed by atoms with Crippen LogP contribution in [-0.2, 0) is 47.9 Å². The van der Waals surface area contributed by atoms with Gasteiger partial charge in [0.1, 0.15) is 17.1 Å². The zero-order valence-corrected chi connectivity index (χ0v) is 41.6. The summed E-state index contributed by atoms with van der Waals surface area (Å²) in [5.41, 5.74) is 4.10. The van der Waals surface area contributed by atoms with E-state index in [-0.39, 0.29) is 41.7 Å². The number of piperidine rings is 1. The van der Waals surface area contributed by atoms with E-state index in [9.17, 15) is 45.8 Å². The van der Waals surface area contributed by atoms with Crippen LogP contribution in [0.5, 0.6) is 11.5 Å². The van der Waals surface area contributed by atoms with Gasteiger partial charge >= 0.3 is 24.3 Å². The zero-order valence-electron chi connectivity index (χ0n) is 40.8. The molecule has 4 heterocycles. The first-order valence-corrected chi connectivity index (χ1v) is 25.1. The molecule has 5 N–H and O–H groups in total. The average Bonchev–Trinajstić information content (AvgIpc) is 4.07. The van der Waals surface area contributed by atoms with Crippen molar-refractivity contribution in [1.82, 2.24) is 25.0 Å². The van der Waals surface area contributed by atoms with Gasteiger partial charge in [-0.3, -0.25) is 14.4 Å². The van der Waals surface area contributed by atoms with Crippen molar-refractivity contribution in [3.8, 4) is 11.5 Å². The predicted molar refractivity (Wildman–Crippen MR) is 256 cm³/mol. The van der Waals surface area contributed by atoms with E-state index in [0.29, 0.717) is 88.4 Å². The molecule has 4 aliphatic rings. The van der Waals surface area contributed by atoms with Crippen LogP contribution in [0.15, 0.2) is 41.8 Å². The predicted octanol–water partition coefficient (Wildman–Crippen LogP) is 6.67. The molecular formula is C49H64F6N6O11S. The smallest absolute Gasteiger partial charge is 0.490 e. The number of carbonyl (C=O) groups is 5. The first-order chi connectivity index (χ1) is 34.5. The topological polar surface area (TPSA) is 220 Å².